The van der Waals surface area contributed by atoms with Crippen LogP contribution in [0.5, 0.6) is 0 Å². The van der Waals surface area contributed by atoms with E-state index in [2.05, 4.69) is 6.58 Å². The Hall–Kier alpha value is -0.540. The Morgan fingerprint density at radius 3 is 2.20 bits per heavy atom. The predicted octanol–water partition coefficient (Wildman–Crippen LogP) is 0.0429. The molecule has 0 radical (unpaired) electrons. The van der Waals surface area contributed by atoms with Crippen LogP contribution in [0, 0.1) is 5.92 Å². The number of amides is 1. The molecular weight excluding hydrogens is 152 g/mol. The third-order valence-electron chi connectivity index (χ3n) is 1.27. The van der Waals surface area contributed by atoms with Crippen LogP contribution < -0.4 is 11.5 Å². The first-order chi connectivity index (χ1) is 4.09. The van der Waals surface area contributed by atoms with Crippen molar-refractivity contribution in [3.05, 3.63) is 12.7 Å². The van der Waals surface area contributed by atoms with Crippen molar-refractivity contribution in [3.63, 3.8) is 0 Å². The van der Waals surface area contributed by atoms with Crippen molar-refractivity contribution in [3.8, 4) is 0 Å². The molecule has 0 saturated carbocycles. The summed E-state index contributed by atoms with van der Waals surface area (Å²) in [5, 5.41) is 0. The van der Waals surface area contributed by atoms with Crippen LogP contribution in [0.1, 0.15) is 6.92 Å². The van der Waals surface area contributed by atoms with E-state index in [1.54, 1.807) is 13.0 Å². The lowest BCUT2D eigenvalue weighted by atomic mass is 10.0. The fourth-order valence-electron chi connectivity index (χ4n) is 0.406. The molecule has 1 amide bonds. The Morgan fingerprint density at radius 2 is 2.10 bits per heavy atom. The standard InChI is InChI=1S/C6H12N2O.ClH/c1-3-4(2)5(7)6(8)9;/h3-5H,1,7H2,2H3,(H2,8,9);1H. The lowest BCUT2D eigenvalue weighted by molar-refractivity contribution is -0.119. The zero-order valence-electron chi connectivity index (χ0n) is 5.91. The van der Waals surface area contributed by atoms with Crippen LogP contribution in [-0.4, -0.2) is 11.9 Å². The van der Waals surface area contributed by atoms with E-state index in [4.69, 9.17) is 11.5 Å². The molecule has 3 nitrogen and oxygen atoms in total. The Balaban J connectivity index is 0. The van der Waals surface area contributed by atoms with Gasteiger partial charge in [-0.05, 0) is 5.92 Å². The van der Waals surface area contributed by atoms with Crippen molar-refractivity contribution in [1.29, 1.82) is 0 Å². The molecular formula is C6H13ClN2O. The summed E-state index contributed by atoms with van der Waals surface area (Å²) in [6.07, 6.45) is 1.61. The molecule has 4 heteroatoms. The highest BCUT2D eigenvalue weighted by Crippen LogP contribution is 1.98. The molecule has 4 N–H and O–H groups in total. The van der Waals surface area contributed by atoms with E-state index in [-0.39, 0.29) is 18.3 Å². The van der Waals surface area contributed by atoms with E-state index in [9.17, 15) is 4.79 Å². The van der Waals surface area contributed by atoms with Gasteiger partial charge in [0.2, 0.25) is 5.91 Å². The Labute approximate surface area is 66.9 Å². The average Bonchev–Trinajstić information content (AvgIpc) is 1.84. The summed E-state index contributed by atoms with van der Waals surface area (Å²) in [7, 11) is 0. The van der Waals surface area contributed by atoms with Crippen LogP contribution >= 0.6 is 12.4 Å². The minimum Gasteiger partial charge on any atom is -0.368 e. The second-order valence-electron chi connectivity index (χ2n) is 2.02. The van der Waals surface area contributed by atoms with Crippen LogP contribution in [0.4, 0.5) is 0 Å². The summed E-state index contributed by atoms with van der Waals surface area (Å²) < 4.78 is 0. The molecule has 0 fully saturated rings. The predicted molar refractivity (Wildman–Crippen MR) is 43.8 cm³/mol. The number of primary amides is 1. The smallest absolute Gasteiger partial charge is 0.234 e. The van der Waals surface area contributed by atoms with Crippen LogP contribution in [0.15, 0.2) is 12.7 Å². The van der Waals surface area contributed by atoms with Crippen LogP contribution in [-0.2, 0) is 4.79 Å². The maximum absolute atomic E-state index is 10.3. The summed E-state index contributed by atoms with van der Waals surface area (Å²) in [5.74, 6) is -0.523. The number of hydrogen-bond donors (Lipinski definition) is 2. The number of nitrogens with two attached hydrogens (primary N) is 2. The number of carbonyl (C=O) groups excluding carboxylic acids is 1. The molecule has 10 heavy (non-hydrogen) atoms. The van der Waals surface area contributed by atoms with Gasteiger partial charge in [-0.15, -0.1) is 19.0 Å². The van der Waals surface area contributed by atoms with Crippen LogP contribution in [0.25, 0.3) is 0 Å². The van der Waals surface area contributed by atoms with Gasteiger partial charge in [0, 0.05) is 0 Å². The maximum Gasteiger partial charge on any atom is 0.234 e. The van der Waals surface area contributed by atoms with E-state index < -0.39 is 11.9 Å². The van der Waals surface area contributed by atoms with E-state index in [1.165, 1.54) is 0 Å². The Kier molecular flexibility index (Phi) is 6.40. The zero-order chi connectivity index (χ0) is 7.44. The highest BCUT2D eigenvalue weighted by molar-refractivity contribution is 5.85. The third kappa shape index (κ3) is 3.48. The van der Waals surface area contributed by atoms with Crippen molar-refractivity contribution < 1.29 is 4.79 Å². The second-order valence-corrected chi connectivity index (χ2v) is 2.02. The largest absolute Gasteiger partial charge is 0.368 e. The monoisotopic (exact) mass is 164 g/mol. The van der Waals surface area contributed by atoms with Gasteiger partial charge in [-0.1, -0.05) is 13.0 Å². The van der Waals surface area contributed by atoms with E-state index >= 15 is 0 Å². The molecule has 60 valence electrons. The molecule has 0 spiro atoms. The third-order valence-corrected chi connectivity index (χ3v) is 1.27. The van der Waals surface area contributed by atoms with Gasteiger partial charge in [-0.3, -0.25) is 4.79 Å². The van der Waals surface area contributed by atoms with E-state index in [0.29, 0.717) is 0 Å². The van der Waals surface area contributed by atoms with Crippen LogP contribution in [0.2, 0.25) is 0 Å². The number of rotatable bonds is 3. The average molecular weight is 165 g/mol. The molecule has 0 bridgehead atoms. The molecule has 0 aromatic rings. The Morgan fingerprint density at radius 1 is 1.70 bits per heavy atom. The van der Waals surface area contributed by atoms with Crippen molar-refractivity contribution in [2.75, 3.05) is 0 Å². The highest BCUT2D eigenvalue weighted by atomic mass is 35.5. The summed E-state index contributed by atoms with van der Waals surface area (Å²) in [5.41, 5.74) is 10.2. The molecule has 2 atom stereocenters. The number of halogens is 1. The summed E-state index contributed by atoms with van der Waals surface area (Å²) in [6.45, 7) is 5.27. The van der Waals surface area contributed by atoms with Gasteiger partial charge < -0.3 is 11.5 Å². The van der Waals surface area contributed by atoms with Crippen molar-refractivity contribution in [1.82, 2.24) is 0 Å². The molecule has 0 aliphatic heterocycles. The highest BCUT2D eigenvalue weighted by Gasteiger charge is 2.13. The number of hydrogen-bond acceptors (Lipinski definition) is 2. The molecule has 0 aliphatic rings. The lowest BCUT2D eigenvalue weighted by Gasteiger charge is -2.10. The lowest BCUT2D eigenvalue weighted by Crippen LogP contribution is -2.40. The van der Waals surface area contributed by atoms with Gasteiger partial charge in [-0.25, -0.2) is 0 Å². The molecule has 0 heterocycles. The normalized spacial score (nSPS) is 14.6. The number of carbonyl (C=O) groups is 1. The minimum absolute atomic E-state index is 0. The van der Waals surface area contributed by atoms with Crippen molar-refractivity contribution >= 4 is 18.3 Å². The molecule has 0 aromatic carbocycles. The molecule has 0 saturated heterocycles. The molecule has 0 aliphatic carbocycles. The Bertz CT molecular complexity index is 127. The zero-order valence-corrected chi connectivity index (χ0v) is 6.73. The van der Waals surface area contributed by atoms with Crippen molar-refractivity contribution in [2.24, 2.45) is 17.4 Å². The van der Waals surface area contributed by atoms with Gasteiger partial charge in [0.25, 0.3) is 0 Å². The van der Waals surface area contributed by atoms with E-state index in [1.807, 2.05) is 0 Å². The summed E-state index contributed by atoms with van der Waals surface area (Å²) in [6, 6.07) is -0.595. The first-order valence-corrected chi connectivity index (χ1v) is 2.77. The molecule has 0 rings (SSSR count). The van der Waals surface area contributed by atoms with E-state index in [0.717, 1.165) is 0 Å². The fourth-order valence-corrected chi connectivity index (χ4v) is 0.406. The second kappa shape index (κ2) is 5.26. The summed E-state index contributed by atoms with van der Waals surface area (Å²) >= 11 is 0. The fraction of sp³-hybridized carbons (Fsp3) is 0.500. The SMILES string of the molecule is C=CC(C)C(N)C(N)=O.Cl. The minimum atomic E-state index is -0.595. The first-order valence-electron chi connectivity index (χ1n) is 2.77. The van der Waals surface area contributed by atoms with Gasteiger partial charge in [0.1, 0.15) is 0 Å². The van der Waals surface area contributed by atoms with Gasteiger partial charge >= 0.3 is 0 Å². The molecule has 0 aromatic heterocycles. The first kappa shape index (κ1) is 12.2. The van der Waals surface area contributed by atoms with Gasteiger partial charge in [-0.2, -0.15) is 0 Å². The molecule has 2 unspecified atom stereocenters. The summed E-state index contributed by atoms with van der Waals surface area (Å²) in [4.78, 5) is 10.3. The van der Waals surface area contributed by atoms with Crippen molar-refractivity contribution in [2.45, 2.75) is 13.0 Å². The quantitative estimate of drug-likeness (QED) is 0.579. The topological polar surface area (TPSA) is 69.1 Å². The maximum atomic E-state index is 10.3. The van der Waals surface area contributed by atoms with Gasteiger partial charge in [0.05, 0.1) is 6.04 Å². The van der Waals surface area contributed by atoms with Gasteiger partial charge in [0.15, 0.2) is 0 Å². The van der Waals surface area contributed by atoms with Crippen LogP contribution in [0.3, 0.4) is 0 Å².